The third-order valence-corrected chi connectivity index (χ3v) is 3.61. The Balaban J connectivity index is 2.02. The number of amides is 1. The summed E-state index contributed by atoms with van der Waals surface area (Å²) in [5.74, 6) is -0.318. The first-order valence-electron chi connectivity index (χ1n) is 7.29. The lowest BCUT2D eigenvalue weighted by Gasteiger charge is -2.22. The first-order valence-corrected chi connectivity index (χ1v) is 7.29. The highest BCUT2D eigenvalue weighted by Crippen LogP contribution is 2.31. The standard InChI is InChI=1S/C17H18N4O2/c1-10-5-4-6-13(19-10)16(22)20-15-7-11-9-18-21-14(11)8-12(15)17(2,3)23/h4-9,23H,1-3H3,(H,18,21)(H,20,22). The van der Waals surface area contributed by atoms with Crippen LogP contribution in [0.25, 0.3) is 10.9 Å². The lowest BCUT2D eigenvalue weighted by molar-refractivity contribution is 0.0794. The molecule has 6 nitrogen and oxygen atoms in total. The van der Waals surface area contributed by atoms with E-state index in [0.29, 0.717) is 16.9 Å². The zero-order valence-electron chi connectivity index (χ0n) is 13.2. The molecule has 0 saturated carbocycles. The summed E-state index contributed by atoms with van der Waals surface area (Å²) in [5, 5.41) is 20.9. The van der Waals surface area contributed by atoms with Gasteiger partial charge in [0.15, 0.2) is 0 Å². The summed E-state index contributed by atoms with van der Waals surface area (Å²) in [4.78, 5) is 16.7. The summed E-state index contributed by atoms with van der Waals surface area (Å²) in [6, 6.07) is 8.86. The van der Waals surface area contributed by atoms with Crippen LogP contribution in [0.2, 0.25) is 0 Å². The van der Waals surface area contributed by atoms with E-state index >= 15 is 0 Å². The van der Waals surface area contributed by atoms with Crippen LogP contribution in [0.1, 0.15) is 35.6 Å². The molecular weight excluding hydrogens is 292 g/mol. The number of hydrogen-bond donors (Lipinski definition) is 3. The minimum atomic E-state index is -1.11. The van der Waals surface area contributed by atoms with Gasteiger partial charge in [0, 0.05) is 22.3 Å². The molecule has 1 aromatic carbocycles. The molecule has 118 valence electrons. The van der Waals surface area contributed by atoms with Crippen molar-refractivity contribution in [2.45, 2.75) is 26.4 Å². The fraction of sp³-hybridized carbons (Fsp3) is 0.235. The number of H-pyrrole nitrogens is 1. The van der Waals surface area contributed by atoms with Gasteiger partial charge in [-0.3, -0.25) is 9.89 Å². The number of fused-ring (bicyclic) bond motifs is 1. The van der Waals surface area contributed by atoms with E-state index in [9.17, 15) is 9.90 Å². The van der Waals surface area contributed by atoms with Crippen molar-refractivity contribution in [2.24, 2.45) is 0 Å². The second-order valence-corrected chi connectivity index (χ2v) is 6.03. The molecule has 2 heterocycles. The van der Waals surface area contributed by atoms with E-state index in [1.807, 2.05) is 13.0 Å². The zero-order chi connectivity index (χ0) is 16.6. The molecule has 1 amide bonds. The molecule has 6 heteroatoms. The van der Waals surface area contributed by atoms with E-state index < -0.39 is 5.60 Å². The van der Waals surface area contributed by atoms with Crippen LogP contribution < -0.4 is 5.32 Å². The molecule has 0 unspecified atom stereocenters. The molecule has 0 radical (unpaired) electrons. The largest absolute Gasteiger partial charge is 0.386 e. The Morgan fingerprint density at radius 3 is 2.78 bits per heavy atom. The van der Waals surface area contributed by atoms with Crippen molar-refractivity contribution in [3.05, 3.63) is 53.5 Å². The molecule has 0 atom stereocenters. The van der Waals surface area contributed by atoms with E-state index in [1.165, 1.54) is 0 Å². The van der Waals surface area contributed by atoms with Crippen LogP contribution in [0.5, 0.6) is 0 Å². The lowest BCUT2D eigenvalue weighted by Crippen LogP contribution is -2.21. The summed E-state index contributed by atoms with van der Waals surface area (Å²) < 4.78 is 0. The van der Waals surface area contributed by atoms with Gasteiger partial charge < -0.3 is 10.4 Å². The maximum absolute atomic E-state index is 12.4. The lowest BCUT2D eigenvalue weighted by atomic mass is 9.95. The zero-order valence-corrected chi connectivity index (χ0v) is 13.2. The summed E-state index contributed by atoms with van der Waals surface area (Å²) >= 11 is 0. The summed E-state index contributed by atoms with van der Waals surface area (Å²) in [6.07, 6.45) is 1.67. The minimum Gasteiger partial charge on any atom is -0.386 e. The van der Waals surface area contributed by atoms with E-state index in [0.717, 1.165) is 16.6 Å². The number of pyridine rings is 1. The number of nitrogens with one attached hydrogen (secondary N) is 2. The number of aryl methyl sites for hydroxylation is 1. The van der Waals surface area contributed by atoms with Gasteiger partial charge in [-0.25, -0.2) is 4.98 Å². The van der Waals surface area contributed by atoms with Gasteiger partial charge in [-0.15, -0.1) is 0 Å². The molecule has 0 saturated heterocycles. The number of hydrogen-bond acceptors (Lipinski definition) is 4. The minimum absolute atomic E-state index is 0.318. The Morgan fingerprint density at radius 1 is 1.30 bits per heavy atom. The van der Waals surface area contributed by atoms with Gasteiger partial charge in [0.2, 0.25) is 0 Å². The quantitative estimate of drug-likeness (QED) is 0.693. The third kappa shape index (κ3) is 3.07. The molecule has 2 aromatic heterocycles. The van der Waals surface area contributed by atoms with Crippen molar-refractivity contribution in [3.63, 3.8) is 0 Å². The van der Waals surface area contributed by atoms with Crippen LogP contribution in [-0.2, 0) is 5.60 Å². The molecule has 0 aliphatic carbocycles. The van der Waals surface area contributed by atoms with Gasteiger partial charge in [0.1, 0.15) is 5.69 Å². The van der Waals surface area contributed by atoms with Gasteiger partial charge in [-0.2, -0.15) is 5.10 Å². The molecule has 23 heavy (non-hydrogen) atoms. The normalized spacial score (nSPS) is 11.7. The highest BCUT2D eigenvalue weighted by atomic mass is 16.3. The number of carbonyl (C=O) groups is 1. The first kappa shape index (κ1) is 15.2. The number of nitrogens with zero attached hydrogens (tertiary/aromatic N) is 2. The van der Waals surface area contributed by atoms with Crippen LogP contribution in [0.4, 0.5) is 5.69 Å². The van der Waals surface area contributed by atoms with Crippen LogP contribution in [-0.4, -0.2) is 26.2 Å². The Kier molecular flexibility index (Phi) is 3.61. The molecule has 0 fully saturated rings. The highest BCUT2D eigenvalue weighted by Gasteiger charge is 2.23. The van der Waals surface area contributed by atoms with Crippen LogP contribution in [0.3, 0.4) is 0 Å². The van der Waals surface area contributed by atoms with Gasteiger partial charge >= 0.3 is 0 Å². The third-order valence-electron chi connectivity index (χ3n) is 3.61. The van der Waals surface area contributed by atoms with Crippen molar-refractivity contribution in [1.82, 2.24) is 15.2 Å². The van der Waals surface area contributed by atoms with Gasteiger partial charge in [0.05, 0.1) is 17.3 Å². The highest BCUT2D eigenvalue weighted by molar-refractivity contribution is 6.04. The molecule has 3 aromatic rings. The fourth-order valence-corrected chi connectivity index (χ4v) is 2.46. The molecular formula is C17H18N4O2. The Morgan fingerprint density at radius 2 is 2.09 bits per heavy atom. The van der Waals surface area contributed by atoms with Crippen LogP contribution >= 0.6 is 0 Å². The second-order valence-electron chi connectivity index (χ2n) is 6.03. The van der Waals surface area contributed by atoms with Crippen molar-refractivity contribution in [1.29, 1.82) is 0 Å². The Bertz CT molecular complexity index is 878. The molecule has 0 bridgehead atoms. The average Bonchev–Trinajstić information content (AvgIpc) is 2.92. The Labute approximate surface area is 133 Å². The second kappa shape index (κ2) is 5.48. The number of rotatable bonds is 3. The maximum Gasteiger partial charge on any atom is 0.274 e. The van der Waals surface area contributed by atoms with Gasteiger partial charge in [0.25, 0.3) is 5.91 Å². The van der Waals surface area contributed by atoms with Crippen molar-refractivity contribution in [2.75, 3.05) is 5.32 Å². The topological polar surface area (TPSA) is 90.9 Å². The number of anilines is 1. The van der Waals surface area contributed by atoms with E-state index in [2.05, 4.69) is 20.5 Å². The van der Waals surface area contributed by atoms with Gasteiger partial charge in [-0.05, 0) is 45.0 Å². The number of aromatic nitrogens is 3. The Hall–Kier alpha value is -2.73. The number of benzene rings is 1. The summed E-state index contributed by atoms with van der Waals surface area (Å²) in [7, 11) is 0. The van der Waals surface area contributed by atoms with E-state index in [1.54, 1.807) is 44.3 Å². The SMILES string of the molecule is Cc1cccc(C(=O)Nc2cc3cn[nH]c3cc2C(C)(C)O)n1. The number of aliphatic hydroxyl groups is 1. The van der Waals surface area contributed by atoms with E-state index in [4.69, 9.17) is 0 Å². The van der Waals surface area contributed by atoms with E-state index in [-0.39, 0.29) is 5.91 Å². The average molecular weight is 310 g/mol. The van der Waals surface area contributed by atoms with Crippen molar-refractivity contribution >= 4 is 22.5 Å². The van der Waals surface area contributed by atoms with Crippen molar-refractivity contribution in [3.8, 4) is 0 Å². The molecule has 0 aliphatic heterocycles. The smallest absolute Gasteiger partial charge is 0.274 e. The van der Waals surface area contributed by atoms with Gasteiger partial charge in [-0.1, -0.05) is 6.07 Å². The fourth-order valence-electron chi connectivity index (χ4n) is 2.46. The predicted molar refractivity (Wildman–Crippen MR) is 88.3 cm³/mol. The predicted octanol–water partition coefficient (Wildman–Crippen LogP) is 2.75. The number of aromatic amines is 1. The monoisotopic (exact) mass is 310 g/mol. The molecule has 0 spiro atoms. The summed E-state index contributed by atoms with van der Waals surface area (Å²) in [6.45, 7) is 5.17. The molecule has 3 N–H and O–H groups in total. The summed E-state index contributed by atoms with van der Waals surface area (Å²) in [5.41, 5.74) is 1.94. The maximum atomic E-state index is 12.4. The molecule has 3 rings (SSSR count). The van der Waals surface area contributed by atoms with Crippen LogP contribution in [0, 0.1) is 6.92 Å². The first-order chi connectivity index (χ1) is 10.8. The number of carbonyl (C=O) groups excluding carboxylic acids is 1. The van der Waals surface area contributed by atoms with Crippen molar-refractivity contribution < 1.29 is 9.90 Å². The molecule has 0 aliphatic rings. The van der Waals surface area contributed by atoms with Crippen LogP contribution in [0.15, 0.2) is 36.5 Å².